The van der Waals surface area contributed by atoms with Gasteiger partial charge in [-0.25, -0.2) is 0 Å². The lowest BCUT2D eigenvalue weighted by Gasteiger charge is -2.16. The molecule has 1 amide bonds. The molecule has 0 atom stereocenters. The van der Waals surface area contributed by atoms with Crippen molar-refractivity contribution in [2.24, 2.45) is 0 Å². The number of benzene rings is 1. The summed E-state index contributed by atoms with van der Waals surface area (Å²) in [5.41, 5.74) is 6.23. The second-order valence-corrected chi connectivity index (χ2v) is 5.09. The highest BCUT2D eigenvalue weighted by Crippen LogP contribution is 2.16. The van der Waals surface area contributed by atoms with Crippen LogP contribution in [-0.2, 0) is 11.3 Å². The number of halogens is 1. The first-order valence-electron chi connectivity index (χ1n) is 6.01. The van der Waals surface area contributed by atoms with Crippen molar-refractivity contribution in [2.75, 3.05) is 19.4 Å². The van der Waals surface area contributed by atoms with Crippen LogP contribution in [0.15, 0.2) is 45.5 Å². The number of hydrogen-bond acceptors (Lipinski definition) is 4. The predicted molar refractivity (Wildman–Crippen MR) is 79.2 cm³/mol. The first kappa shape index (κ1) is 14.5. The van der Waals surface area contributed by atoms with Gasteiger partial charge in [0.1, 0.15) is 11.5 Å². The molecule has 0 radical (unpaired) electrons. The lowest BCUT2D eigenvalue weighted by atomic mass is 10.3. The number of nitrogens with zero attached hydrogens (tertiary/aromatic N) is 1. The zero-order valence-corrected chi connectivity index (χ0v) is 12.6. The van der Waals surface area contributed by atoms with E-state index in [9.17, 15) is 4.79 Å². The molecule has 5 nitrogen and oxygen atoms in total. The number of furan rings is 1. The summed E-state index contributed by atoms with van der Waals surface area (Å²) < 4.78 is 11.4. The normalized spacial score (nSPS) is 10.3. The SMILES string of the molecule is CN(Cc1ccc(Br)o1)C(=O)COc1ccc(N)cc1. The van der Waals surface area contributed by atoms with Crippen molar-refractivity contribution in [3.63, 3.8) is 0 Å². The van der Waals surface area contributed by atoms with E-state index in [4.69, 9.17) is 14.9 Å². The molecule has 0 aliphatic rings. The highest BCUT2D eigenvalue weighted by molar-refractivity contribution is 9.10. The maximum Gasteiger partial charge on any atom is 0.260 e. The smallest absolute Gasteiger partial charge is 0.260 e. The zero-order valence-electron chi connectivity index (χ0n) is 11.0. The molecule has 0 saturated heterocycles. The summed E-state index contributed by atoms with van der Waals surface area (Å²) in [5.74, 6) is 1.19. The van der Waals surface area contributed by atoms with E-state index in [2.05, 4.69) is 15.9 Å². The van der Waals surface area contributed by atoms with E-state index in [1.165, 1.54) is 0 Å². The number of anilines is 1. The molecule has 0 aliphatic carbocycles. The van der Waals surface area contributed by atoms with Crippen molar-refractivity contribution in [3.05, 3.63) is 46.8 Å². The minimum Gasteiger partial charge on any atom is -0.484 e. The Morgan fingerprint density at radius 2 is 2.00 bits per heavy atom. The Bertz CT molecular complexity index is 580. The molecule has 0 fully saturated rings. The van der Waals surface area contributed by atoms with Gasteiger partial charge in [0, 0.05) is 12.7 Å². The number of rotatable bonds is 5. The molecule has 20 heavy (non-hydrogen) atoms. The second kappa shape index (κ2) is 6.47. The number of carbonyl (C=O) groups is 1. The van der Waals surface area contributed by atoms with E-state index in [1.807, 2.05) is 6.07 Å². The number of ether oxygens (including phenoxy) is 1. The van der Waals surface area contributed by atoms with E-state index < -0.39 is 0 Å². The molecule has 2 rings (SSSR count). The van der Waals surface area contributed by atoms with Crippen molar-refractivity contribution in [1.29, 1.82) is 0 Å². The molecule has 0 aliphatic heterocycles. The molecule has 1 aromatic carbocycles. The Balaban J connectivity index is 1.83. The highest BCUT2D eigenvalue weighted by atomic mass is 79.9. The number of likely N-dealkylation sites (N-methyl/N-ethyl adjacent to an activating group) is 1. The Kier molecular flexibility index (Phi) is 4.68. The molecule has 2 aromatic rings. The summed E-state index contributed by atoms with van der Waals surface area (Å²) in [6.07, 6.45) is 0. The van der Waals surface area contributed by atoms with Crippen LogP contribution in [0.1, 0.15) is 5.76 Å². The molecule has 6 heteroatoms. The monoisotopic (exact) mass is 338 g/mol. The van der Waals surface area contributed by atoms with Gasteiger partial charge in [-0.15, -0.1) is 0 Å². The molecule has 0 spiro atoms. The van der Waals surface area contributed by atoms with Crippen molar-refractivity contribution >= 4 is 27.5 Å². The molecule has 1 aromatic heterocycles. The molecular weight excluding hydrogens is 324 g/mol. The molecule has 106 valence electrons. The minimum atomic E-state index is -0.130. The predicted octanol–water partition coefficient (Wildman–Crippen LogP) is 2.66. The van der Waals surface area contributed by atoms with Gasteiger partial charge >= 0.3 is 0 Å². The highest BCUT2D eigenvalue weighted by Gasteiger charge is 2.12. The van der Waals surface area contributed by atoms with Gasteiger partial charge in [-0.05, 0) is 52.3 Å². The van der Waals surface area contributed by atoms with Gasteiger partial charge in [0.05, 0.1) is 6.54 Å². The third-order valence-electron chi connectivity index (χ3n) is 2.69. The summed E-state index contributed by atoms with van der Waals surface area (Å²) in [5, 5.41) is 0. The average molecular weight is 339 g/mol. The molecule has 2 N–H and O–H groups in total. The van der Waals surface area contributed by atoms with Crippen molar-refractivity contribution < 1.29 is 13.9 Å². The largest absolute Gasteiger partial charge is 0.484 e. The van der Waals surface area contributed by atoms with Gasteiger partial charge in [0.2, 0.25) is 0 Å². The van der Waals surface area contributed by atoms with Crippen LogP contribution in [0.5, 0.6) is 5.75 Å². The molecule has 0 saturated carbocycles. The summed E-state index contributed by atoms with van der Waals surface area (Å²) in [7, 11) is 1.70. The van der Waals surface area contributed by atoms with Gasteiger partial charge in [-0.1, -0.05) is 0 Å². The standard InChI is InChI=1S/C14H15BrN2O3/c1-17(8-12-6-7-13(15)20-12)14(18)9-19-11-4-2-10(16)3-5-11/h2-7H,8-9,16H2,1H3. The number of carbonyl (C=O) groups excluding carboxylic acids is 1. The molecule has 0 bridgehead atoms. The summed E-state index contributed by atoms with van der Waals surface area (Å²) >= 11 is 3.22. The molecular formula is C14H15BrN2O3. The van der Waals surface area contributed by atoms with Gasteiger partial charge in [-0.2, -0.15) is 0 Å². The fourth-order valence-corrected chi connectivity index (χ4v) is 1.92. The van der Waals surface area contributed by atoms with E-state index in [0.29, 0.717) is 28.4 Å². The first-order chi connectivity index (χ1) is 9.54. The average Bonchev–Trinajstić information content (AvgIpc) is 2.83. The van der Waals surface area contributed by atoms with Crippen LogP contribution in [0.25, 0.3) is 0 Å². The van der Waals surface area contributed by atoms with E-state index in [-0.39, 0.29) is 12.5 Å². The fourth-order valence-electron chi connectivity index (χ4n) is 1.58. The Morgan fingerprint density at radius 3 is 2.60 bits per heavy atom. The van der Waals surface area contributed by atoms with Crippen LogP contribution < -0.4 is 10.5 Å². The topological polar surface area (TPSA) is 68.7 Å². The van der Waals surface area contributed by atoms with Crippen LogP contribution >= 0.6 is 15.9 Å². The number of hydrogen-bond donors (Lipinski definition) is 1. The second-order valence-electron chi connectivity index (χ2n) is 4.31. The summed E-state index contributed by atoms with van der Waals surface area (Å²) in [4.78, 5) is 13.5. The van der Waals surface area contributed by atoms with Crippen molar-refractivity contribution in [3.8, 4) is 5.75 Å². The Labute approximate surface area is 125 Å². The van der Waals surface area contributed by atoms with Crippen LogP contribution in [0.4, 0.5) is 5.69 Å². The Hall–Kier alpha value is -1.95. The summed E-state index contributed by atoms with van der Waals surface area (Å²) in [6.45, 7) is 0.373. The van der Waals surface area contributed by atoms with E-state index >= 15 is 0 Å². The zero-order chi connectivity index (χ0) is 14.5. The van der Waals surface area contributed by atoms with Crippen molar-refractivity contribution in [2.45, 2.75) is 6.54 Å². The number of amides is 1. The van der Waals surface area contributed by atoms with Gasteiger partial charge in [0.15, 0.2) is 11.3 Å². The van der Waals surface area contributed by atoms with Crippen LogP contribution in [0, 0.1) is 0 Å². The van der Waals surface area contributed by atoms with Crippen molar-refractivity contribution in [1.82, 2.24) is 4.90 Å². The van der Waals surface area contributed by atoms with Crippen LogP contribution in [0.3, 0.4) is 0 Å². The Morgan fingerprint density at radius 1 is 1.30 bits per heavy atom. The van der Waals surface area contributed by atoms with E-state index in [0.717, 1.165) is 0 Å². The molecule has 0 unspecified atom stereocenters. The molecule has 1 heterocycles. The third kappa shape index (κ3) is 4.03. The van der Waals surface area contributed by atoms with Crippen LogP contribution in [0.2, 0.25) is 0 Å². The quantitative estimate of drug-likeness (QED) is 0.851. The number of nitrogens with two attached hydrogens (primary N) is 1. The van der Waals surface area contributed by atoms with Gasteiger partial charge < -0.3 is 19.8 Å². The fraction of sp³-hybridized carbons (Fsp3) is 0.214. The first-order valence-corrected chi connectivity index (χ1v) is 6.80. The minimum absolute atomic E-state index is 0.0255. The summed E-state index contributed by atoms with van der Waals surface area (Å²) in [6, 6.07) is 10.5. The van der Waals surface area contributed by atoms with Gasteiger partial charge in [0.25, 0.3) is 5.91 Å². The lowest BCUT2D eigenvalue weighted by molar-refractivity contribution is -0.132. The number of nitrogen functional groups attached to an aromatic ring is 1. The van der Waals surface area contributed by atoms with Crippen LogP contribution in [-0.4, -0.2) is 24.5 Å². The maximum atomic E-state index is 11.9. The van der Waals surface area contributed by atoms with Gasteiger partial charge in [-0.3, -0.25) is 4.79 Å². The van der Waals surface area contributed by atoms with E-state index in [1.54, 1.807) is 42.3 Å². The maximum absolute atomic E-state index is 11.9. The lowest BCUT2D eigenvalue weighted by Crippen LogP contribution is -2.30. The third-order valence-corrected chi connectivity index (χ3v) is 3.12.